The minimum atomic E-state index is 0.262. The molecule has 0 aliphatic carbocycles. The van der Waals surface area contributed by atoms with E-state index < -0.39 is 0 Å². The number of halogens is 1. The van der Waals surface area contributed by atoms with Crippen molar-refractivity contribution < 1.29 is 0 Å². The summed E-state index contributed by atoms with van der Waals surface area (Å²) in [5.74, 6) is 1.07. The van der Waals surface area contributed by atoms with Crippen molar-refractivity contribution in [1.29, 1.82) is 0 Å². The Morgan fingerprint density at radius 1 is 1.41 bits per heavy atom. The maximum absolute atomic E-state index is 5.86. The molecule has 1 atom stereocenters. The Morgan fingerprint density at radius 3 is 2.59 bits per heavy atom. The van der Waals surface area contributed by atoms with E-state index in [0.717, 1.165) is 6.54 Å². The van der Waals surface area contributed by atoms with E-state index in [1.165, 1.54) is 6.33 Å². The summed E-state index contributed by atoms with van der Waals surface area (Å²) < 4.78 is 0. The summed E-state index contributed by atoms with van der Waals surface area (Å²) >= 11 is 5.86. The van der Waals surface area contributed by atoms with E-state index in [4.69, 9.17) is 17.3 Å². The smallest absolute Gasteiger partial charge is 0.157 e. The molecule has 0 aliphatic heterocycles. The largest absolute Gasteiger partial charge is 0.393 e. The highest BCUT2D eigenvalue weighted by molar-refractivity contribution is 6.32. The molecule has 0 amide bonds. The topological polar surface area (TPSA) is 67.1 Å². The number of nitrogens with two attached hydrogens (primary N) is 1. The highest BCUT2D eigenvalue weighted by Gasteiger charge is 2.16. The number of hydrogen-bond acceptors (Lipinski definition) is 5. The molecule has 1 rings (SSSR count). The van der Waals surface area contributed by atoms with Gasteiger partial charge in [-0.05, 0) is 20.0 Å². The van der Waals surface area contributed by atoms with Crippen LogP contribution in [-0.4, -0.2) is 41.5 Å². The molecule has 0 aliphatic rings. The van der Waals surface area contributed by atoms with Crippen LogP contribution in [-0.2, 0) is 0 Å². The number of anilines is 2. The van der Waals surface area contributed by atoms with Crippen LogP contribution < -0.4 is 11.1 Å². The van der Waals surface area contributed by atoms with Crippen LogP contribution >= 0.6 is 11.6 Å². The Bertz CT molecular complexity index is 367. The zero-order valence-electron chi connectivity index (χ0n) is 10.7. The van der Waals surface area contributed by atoms with Crippen molar-refractivity contribution in [2.45, 2.75) is 19.9 Å². The Labute approximate surface area is 107 Å². The first-order valence-electron chi connectivity index (χ1n) is 5.59. The van der Waals surface area contributed by atoms with Crippen LogP contribution in [0.25, 0.3) is 0 Å². The number of likely N-dealkylation sites (N-methyl/N-ethyl adjacent to an activating group) is 1. The quantitative estimate of drug-likeness (QED) is 0.786. The molecular weight excluding hydrogens is 238 g/mol. The monoisotopic (exact) mass is 257 g/mol. The number of nitrogens with zero attached hydrogens (tertiary/aromatic N) is 3. The summed E-state index contributed by atoms with van der Waals surface area (Å²) in [5, 5.41) is 3.60. The first kappa shape index (κ1) is 14.0. The lowest BCUT2D eigenvalue weighted by Crippen LogP contribution is -2.36. The summed E-state index contributed by atoms with van der Waals surface area (Å²) in [6.45, 7) is 5.21. The van der Waals surface area contributed by atoms with Gasteiger partial charge < -0.3 is 16.0 Å². The predicted molar refractivity (Wildman–Crippen MR) is 72.3 cm³/mol. The summed E-state index contributed by atoms with van der Waals surface area (Å²) in [6, 6.07) is 0.262. The van der Waals surface area contributed by atoms with E-state index in [1.54, 1.807) is 0 Å². The second-order valence-electron chi connectivity index (χ2n) is 4.68. The van der Waals surface area contributed by atoms with Gasteiger partial charge in [0.1, 0.15) is 12.0 Å². The van der Waals surface area contributed by atoms with Crippen LogP contribution in [0.4, 0.5) is 11.5 Å². The van der Waals surface area contributed by atoms with Crippen LogP contribution in [0.5, 0.6) is 0 Å². The molecule has 0 saturated carbocycles. The first-order valence-corrected chi connectivity index (χ1v) is 5.96. The molecule has 1 heterocycles. The van der Waals surface area contributed by atoms with E-state index in [9.17, 15) is 0 Å². The highest BCUT2D eigenvalue weighted by Crippen LogP contribution is 2.23. The van der Waals surface area contributed by atoms with Gasteiger partial charge in [-0.25, -0.2) is 9.97 Å². The van der Waals surface area contributed by atoms with Crippen molar-refractivity contribution in [3.8, 4) is 0 Å². The Balaban J connectivity index is 2.82. The van der Waals surface area contributed by atoms with E-state index in [-0.39, 0.29) is 11.2 Å². The van der Waals surface area contributed by atoms with Crippen LogP contribution in [0.3, 0.4) is 0 Å². The third-order valence-electron chi connectivity index (χ3n) is 2.52. The summed E-state index contributed by atoms with van der Waals surface area (Å²) in [4.78, 5) is 10.1. The van der Waals surface area contributed by atoms with Gasteiger partial charge in [0, 0.05) is 12.6 Å². The van der Waals surface area contributed by atoms with E-state index >= 15 is 0 Å². The summed E-state index contributed by atoms with van der Waals surface area (Å²) in [6.07, 6.45) is 1.41. The van der Waals surface area contributed by atoms with Crippen molar-refractivity contribution in [3.05, 3.63) is 11.5 Å². The molecule has 0 aromatic carbocycles. The van der Waals surface area contributed by atoms with Crippen LogP contribution in [0.2, 0.25) is 5.15 Å². The van der Waals surface area contributed by atoms with Gasteiger partial charge in [0.2, 0.25) is 0 Å². The minimum absolute atomic E-state index is 0.262. The molecule has 5 nitrogen and oxygen atoms in total. The Kier molecular flexibility index (Phi) is 4.96. The molecule has 1 aromatic rings. The number of hydrogen-bond donors (Lipinski definition) is 2. The lowest BCUT2D eigenvalue weighted by atomic mass is 10.0. The van der Waals surface area contributed by atoms with Crippen molar-refractivity contribution >= 4 is 23.1 Å². The van der Waals surface area contributed by atoms with Gasteiger partial charge in [-0.3, -0.25) is 0 Å². The average Bonchev–Trinajstić information content (AvgIpc) is 2.22. The van der Waals surface area contributed by atoms with Crippen molar-refractivity contribution in [3.63, 3.8) is 0 Å². The number of rotatable bonds is 5. The Morgan fingerprint density at radius 2 is 2.06 bits per heavy atom. The second-order valence-corrected chi connectivity index (χ2v) is 5.04. The SMILES string of the molecule is CC(C)C(CN(C)C)Nc1ncnc(Cl)c1N. The van der Waals surface area contributed by atoms with E-state index in [0.29, 0.717) is 17.4 Å². The molecular formula is C11H20ClN5. The summed E-state index contributed by atoms with van der Waals surface area (Å²) in [7, 11) is 4.07. The van der Waals surface area contributed by atoms with Crippen LogP contribution in [0.15, 0.2) is 6.33 Å². The molecule has 0 fully saturated rings. The van der Waals surface area contributed by atoms with Gasteiger partial charge >= 0.3 is 0 Å². The fraction of sp³-hybridized carbons (Fsp3) is 0.636. The molecule has 0 spiro atoms. The maximum atomic E-state index is 5.86. The fourth-order valence-electron chi connectivity index (χ4n) is 1.48. The minimum Gasteiger partial charge on any atom is -0.393 e. The molecule has 0 radical (unpaired) electrons. The molecule has 0 bridgehead atoms. The maximum Gasteiger partial charge on any atom is 0.157 e. The number of nitrogen functional groups attached to an aromatic ring is 1. The second kappa shape index (κ2) is 6.02. The standard InChI is InChI=1S/C11H20ClN5/c1-7(2)8(5-17(3)4)16-11-9(13)10(12)14-6-15-11/h6-8H,5,13H2,1-4H3,(H,14,15,16). The lowest BCUT2D eigenvalue weighted by molar-refractivity contribution is 0.344. The third kappa shape index (κ3) is 4.02. The fourth-order valence-corrected chi connectivity index (χ4v) is 1.61. The lowest BCUT2D eigenvalue weighted by Gasteiger charge is -2.26. The summed E-state index contributed by atoms with van der Waals surface area (Å²) in [5.41, 5.74) is 6.23. The zero-order valence-corrected chi connectivity index (χ0v) is 11.5. The van der Waals surface area contributed by atoms with Gasteiger partial charge in [0.15, 0.2) is 11.0 Å². The zero-order chi connectivity index (χ0) is 13.0. The molecule has 1 aromatic heterocycles. The van der Waals surface area contributed by atoms with Gasteiger partial charge in [-0.15, -0.1) is 0 Å². The molecule has 17 heavy (non-hydrogen) atoms. The molecule has 96 valence electrons. The molecule has 6 heteroatoms. The van der Waals surface area contributed by atoms with E-state index in [1.807, 2.05) is 14.1 Å². The highest BCUT2D eigenvalue weighted by atomic mass is 35.5. The molecule has 1 unspecified atom stereocenters. The van der Waals surface area contributed by atoms with Crippen LogP contribution in [0.1, 0.15) is 13.8 Å². The van der Waals surface area contributed by atoms with Crippen molar-refractivity contribution in [2.75, 3.05) is 31.7 Å². The Hall–Kier alpha value is -1.07. The normalized spacial score (nSPS) is 13.1. The molecule has 0 saturated heterocycles. The van der Waals surface area contributed by atoms with Crippen molar-refractivity contribution in [2.24, 2.45) is 5.92 Å². The first-order chi connectivity index (χ1) is 7.91. The average molecular weight is 258 g/mol. The van der Waals surface area contributed by atoms with Gasteiger partial charge in [-0.2, -0.15) is 0 Å². The van der Waals surface area contributed by atoms with Crippen LogP contribution in [0, 0.1) is 5.92 Å². The number of aromatic nitrogens is 2. The van der Waals surface area contributed by atoms with Gasteiger partial charge in [0.25, 0.3) is 0 Å². The predicted octanol–water partition coefficient (Wildman–Crippen LogP) is 1.71. The van der Waals surface area contributed by atoms with E-state index in [2.05, 4.69) is 34.0 Å². The van der Waals surface area contributed by atoms with Gasteiger partial charge in [-0.1, -0.05) is 25.4 Å². The van der Waals surface area contributed by atoms with Gasteiger partial charge in [0.05, 0.1) is 0 Å². The molecule has 3 N–H and O–H groups in total. The number of nitrogens with one attached hydrogen (secondary N) is 1. The third-order valence-corrected chi connectivity index (χ3v) is 2.83. The van der Waals surface area contributed by atoms with Crippen molar-refractivity contribution in [1.82, 2.24) is 14.9 Å².